The predicted molar refractivity (Wildman–Crippen MR) is 110 cm³/mol. The van der Waals surface area contributed by atoms with E-state index < -0.39 is 34.4 Å². The lowest BCUT2D eigenvalue weighted by Gasteiger charge is -2.25. The van der Waals surface area contributed by atoms with Crippen LogP contribution in [0.15, 0.2) is 35.2 Å². The first-order valence-electron chi connectivity index (χ1n) is 8.82. The number of ether oxygens (including phenoxy) is 1. The average molecular weight is 456 g/mol. The first kappa shape index (κ1) is 22.0. The fraction of sp³-hybridized carbons (Fsp3) is 0.263. The van der Waals surface area contributed by atoms with Crippen LogP contribution in [0.3, 0.4) is 0 Å². The van der Waals surface area contributed by atoms with Crippen LogP contribution in [0.2, 0.25) is 5.02 Å². The van der Waals surface area contributed by atoms with Gasteiger partial charge in [-0.2, -0.15) is 4.31 Å². The third-order valence-electron chi connectivity index (χ3n) is 4.47. The number of sulfonamides is 1. The maximum Gasteiger partial charge on any atom is 0.265 e. The first-order chi connectivity index (χ1) is 14.0. The van der Waals surface area contributed by atoms with E-state index in [2.05, 4.69) is 10.6 Å². The van der Waals surface area contributed by atoms with E-state index in [9.17, 15) is 22.4 Å². The number of rotatable bonds is 5. The molecule has 160 valence electrons. The van der Waals surface area contributed by atoms with Crippen molar-refractivity contribution in [3.8, 4) is 5.75 Å². The predicted octanol–water partition coefficient (Wildman–Crippen LogP) is 2.77. The summed E-state index contributed by atoms with van der Waals surface area (Å²) in [7, 11) is -2.80. The highest BCUT2D eigenvalue weighted by atomic mass is 35.5. The summed E-state index contributed by atoms with van der Waals surface area (Å²) in [6.45, 7) is 2.62. The SMILES string of the molecule is Cc1cc2c(cc1S(=O)(=O)N(C)CC(=O)Nc1ccc(F)cc1Cl)O[C@@H](C)C(=O)N2. The Hall–Kier alpha value is -2.69. The minimum atomic E-state index is -4.05. The molecule has 0 spiro atoms. The highest BCUT2D eigenvalue weighted by Gasteiger charge is 2.30. The summed E-state index contributed by atoms with van der Waals surface area (Å²) in [4.78, 5) is 24.0. The lowest BCUT2D eigenvalue weighted by Crippen LogP contribution is -2.36. The Morgan fingerprint density at radius 3 is 2.70 bits per heavy atom. The van der Waals surface area contributed by atoms with Gasteiger partial charge in [0.2, 0.25) is 15.9 Å². The van der Waals surface area contributed by atoms with Crippen LogP contribution in [0.25, 0.3) is 0 Å². The maximum absolute atomic E-state index is 13.1. The molecule has 0 aliphatic carbocycles. The van der Waals surface area contributed by atoms with Crippen LogP contribution in [0.4, 0.5) is 15.8 Å². The maximum atomic E-state index is 13.1. The van der Waals surface area contributed by atoms with Gasteiger partial charge in [0, 0.05) is 13.1 Å². The Bertz CT molecular complexity index is 1140. The van der Waals surface area contributed by atoms with E-state index in [1.807, 2.05) is 0 Å². The fourth-order valence-corrected chi connectivity index (χ4v) is 4.42. The third-order valence-corrected chi connectivity index (χ3v) is 6.73. The number of fused-ring (bicyclic) bond motifs is 1. The second-order valence-corrected chi connectivity index (χ2v) is 9.22. The Labute approximate surface area is 178 Å². The Kier molecular flexibility index (Phi) is 6.02. The molecule has 1 atom stereocenters. The van der Waals surface area contributed by atoms with Crippen molar-refractivity contribution < 1.29 is 27.1 Å². The van der Waals surface area contributed by atoms with Gasteiger partial charge >= 0.3 is 0 Å². The number of nitrogens with zero attached hydrogens (tertiary/aromatic N) is 1. The second kappa shape index (κ2) is 8.21. The number of anilines is 2. The summed E-state index contributed by atoms with van der Waals surface area (Å²) < 4.78 is 45.5. The quantitative estimate of drug-likeness (QED) is 0.721. The molecule has 1 heterocycles. The van der Waals surface area contributed by atoms with Gasteiger partial charge < -0.3 is 15.4 Å². The zero-order valence-electron chi connectivity index (χ0n) is 16.3. The average Bonchev–Trinajstić information content (AvgIpc) is 2.64. The van der Waals surface area contributed by atoms with Gasteiger partial charge in [-0.15, -0.1) is 0 Å². The highest BCUT2D eigenvalue weighted by molar-refractivity contribution is 7.89. The van der Waals surface area contributed by atoms with Crippen LogP contribution < -0.4 is 15.4 Å². The van der Waals surface area contributed by atoms with Gasteiger partial charge in [-0.05, 0) is 43.7 Å². The Balaban J connectivity index is 1.80. The fourth-order valence-electron chi connectivity index (χ4n) is 2.86. The monoisotopic (exact) mass is 455 g/mol. The van der Waals surface area contributed by atoms with Crippen molar-refractivity contribution >= 4 is 44.8 Å². The molecule has 1 aliphatic heterocycles. The second-order valence-electron chi connectivity index (χ2n) is 6.80. The van der Waals surface area contributed by atoms with Crippen LogP contribution in [0.1, 0.15) is 12.5 Å². The molecule has 0 radical (unpaired) electrons. The molecule has 0 unspecified atom stereocenters. The number of halogens is 2. The summed E-state index contributed by atoms with van der Waals surface area (Å²) in [5, 5.41) is 5.10. The van der Waals surface area contributed by atoms with Crippen molar-refractivity contribution in [1.29, 1.82) is 0 Å². The van der Waals surface area contributed by atoms with E-state index in [1.54, 1.807) is 13.8 Å². The van der Waals surface area contributed by atoms with Gasteiger partial charge in [0.1, 0.15) is 11.6 Å². The summed E-state index contributed by atoms with van der Waals surface area (Å²) in [6, 6.07) is 6.26. The largest absolute Gasteiger partial charge is 0.479 e. The third kappa shape index (κ3) is 4.40. The van der Waals surface area contributed by atoms with Crippen molar-refractivity contribution in [2.75, 3.05) is 24.2 Å². The molecule has 30 heavy (non-hydrogen) atoms. The normalized spacial score (nSPS) is 15.9. The van der Waals surface area contributed by atoms with E-state index in [0.29, 0.717) is 11.3 Å². The molecular weight excluding hydrogens is 437 g/mol. The lowest BCUT2D eigenvalue weighted by molar-refractivity contribution is -0.122. The number of benzene rings is 2. The van der Waals surface area contributed by atoms with E-state index in [0.717, 1.165) is 16.4 Å². The number of hydrogen-bond acceptors (Lipinski definition) is 5. The molecule has 0 bridgehead atoms. The molecule has 0 saturated carbocycles. The smallest absolute Gasteiger partial charge is 0.265 e. The minimum Gasteiger partial charge on any atom is -0.479 e. The first-order valence-corrected chi connectivity index (χ1v) is 10.6. The highest BCUT2D eigenvalue weighted by Crippen LogP contribution is 2.35. The molecule has 8 nitrogen and oxygen atoms in total. The van der Waals surface area contributed by atoms with Crippen LogP contribution in [0.5, 0.6) is 5.75 Å². The zero-order valence-corrected chi connectivity index (χ0v) is 17.9. The number of aryl methyl sites for hydroxylation is 1. The lowest BCUT2D eigenvalue weighted by atomic mass is 10.1. The van der Waals surface area contributed by atoms with Crippen molar-refractivity contribution in [1.82, 2.24) is 4.31 Å². The van der Waals surface area contributed by atoms with Crippen LogP contribution >= 0.6 is 11.6 Å². The standard InChI is InChI=1S/C19H19ClFN3O5S/c1-10-6-15-16(29-11(2)19(26)23-15)8-17(10)30(27,28)24(3)9-18(25)22-14-5-4-12(21)7-13(14)20/h4-8,11H,9H2,1-3H3,(H,22,25)(H,23,26)/t11-/m0/s1. The summed E-state index contributed by atoms with van der Waals surface area (Å²) in [5.41, 5.74) is 0.916. The van der Waals surface area contributed by atoms with Crippen molar-refractivity contribution in [2.45, 2.75) is 24.8 Å². The van der Waals surface area contributed by atoms with Gasteiger partial charge in [0.15, 0.2) is 6.10 Å². The molecule has 2 aromatic carbocycles. The topological polar surface area (TPSA) is 105 Å². The van der Waals surface area contributed by atoms with E-state index in [1.165, 1.54) is 25.2 Å². The Morgan fingerprint density at radius 2 is 2.03 bits per heavy atom. The molecule has 2 N–H and O–H groups in total. The number of carbonyl (C=O) groups excluding carboxylic acids is 2. The zero-order chi connectivity index (χ0) is 22.2. The van der Waals surface area contributed by atoms with Gasteiger partial charge in [-0.25, -0.2) is 12.8 Å². The van der Waals surface area contributed by atoms with Crippen molar-refractivity contribution in [3.63, 3.8) is 0 Å². The number of hydrogen-bond donors (Lipinski definition) is 2. The van der Waals surface area contributed by atoms with Gasteiger partial charge in [-0.3, -0.25) is 9.59 Å². The Morgan fingerprint density at radius 1 is 1.33 bits per heavy atom. The van der Waals surface area contributed by atoms with Gasteiger partial charge in [0.05, 0.1) is 27.8 Å². The van der Waals surface area contributed by atoms with Crippen LogP contribution in [0, 0.1) is 12.7 Å². The number of nitrogens with one attached hydrogen (secondary N) is 2. The molecule has 11 heteroatoms. The van der Waals surface area contributed by atoms with Gasteiger partial charge in [-0.1, -0.05) is 11.6 Å². The van der Waals surface area contributed by atoms with Gasteiger partial charge in [0.25, 0.3) is 5.91 Å². The summed E-state index contributed by atoms with van der Waals surface area (Å²) in [6.07, 6.45) is -0.764. The number of likely N-dealkylation sites (N-methyl/N-ethyl adjacent to an activating group) is 1. The van der Waals surface area contributed by atoms with E-state index >= 15 is 0 Å². The molecule has 3 rings (SSSR count). The van der Waals surface area contributed by atoms with E-state index in [-0.39, 0.29) is 27.3 Å². The summed E-state index contributed by atoms with van der Waals surface area (Å²) >= 11 is 5.88. The van der Waals surface area contributed by atoms with E-state index in [4.69, 9.17) is 16.3 Å². The molecule has 0 fully saturated rings. The molecule has 0 saturated heterocycles. The van der Waals surface area contributed by atoms with Crippen LogP contribution in [-0.2, 0) is 19.6 Å². The minimum absolute atomic E-state index is 0.00675. The molecule has 0 aromatic heterocycles. The molecule has 1 aliphatic rings. The number of carbonyl (C=O) groups is 2. The number of amides is 2. The molecular formula is C19H19ClFN3O5S. The summed E-state index contributed by atoms with van der Waals surface area (Å²) in [5.74, 6) is -1.32. The molecule has 2 amide bonds. The van der Waals surface area contributed by atoms with Crippen molar-refractivity contribution in [2.24, 2.45) is 0 Å². The van der Waals surface area contributed by atoms with Crippen LogP contribution in [-0.4, -0.2) is 44.2 Å². The van der Waals surface area contributed by atoms with Crippen molar-refractivity contribution in [3.05, 3.63) is 46.7 Å². The molecule has 2 aromatic rings.